The number of aromatic nitrogens is 3. The molecule has 0 radical (unpaired) electrons. The average Bonchev–Trinajstić information content (AvgIpc) is 2.13. The summed E-state index contributed by atoms with van der Waals surface area (Å²) in [5.74, 6) is 0.756. The van der Waals surface area contributed by atoms with Crippen LogP contribution in [-0.4, -0.2) is 15.0 Å². The first-order valence-corrected chi connectivity index (χ1v) is 6.78. The van der Waals surface area contributed by atoms with Crippen LogP contribution in [-0.2, 0) is 0 Å². The normalized spacial score (nSPS) is 10.6. The van der Waals surface area contributed by atoms with Crippen LogP contribution in [0.2, 0.25) is 0 Å². The van der Waals surface area contributed by atoms with E-state index in [0.717, 1.165) is 26.2 Å². The standard InChI is InChI=1S/C12H12BrN3S/c1-7-4-8(2)14-11(5-7)17-12-6-10(13)15-9(3)16-12/h4-6H,1-3H3. The van der Waals surface area contributed by atoms with Crippen molar-refractivity contribution >= 4 is 27.7 Å². The molecule has 2 aromatic rings. The molecule has 0 saturated heterocycles. The van der Waals surface area contributed by atoms with Gasteiger partial charge < -0.3 is 0 Å². The zero-order valence-corrected chi connectivity index (χ0v) is 12.3. The number of halogens is 1. The van der Waals surface area contributed by atoms with Crippen molar-refractivity contribution in [1.82, 2.24) is 15.0 Å². The highest BCUT2D eigenvalue weighted by atomic mass is 79.9. The summed E-state index contributed by atoms with van der Waals surface area (Å²) in [6.45, 7) is 5.95. The van der Waals surface area contributed by atoms with E-state index in [9.17, 15) is 0 Å². The van der Waals surface area contributed by atoms with Gasteiger partial charge in [0, 0.05) is 11.8 Å². The fourth-order valence-electron chi connectivity index (χ4n) is 1.52. The Hall–Kier alpha value is -0.940. The third kappa shape index (κ3) is 3.51. The second-order valence-corrected chi connectivity index (χ2v) is 5.66. The van der Waals surface area contributed by atoms with Crippen molar-refractivity contribution in [3.05, 3.63) is 39.9 Å². The Morgan fingerprint density at radius 2 is 1.65 bits per heavy atom. The van der Waals surface area contributed by atoms with Gasteiger partial charge in [-0.2, -0.15) is 0 Å². The molecule has 0 spiro atoms. The second-order valence-electron chi connectivity index (χ2n) is 3.80. The lowest BCUT2D eigenvalue weighted by Crippen LogP contribution is -1.92. The van der Waals surface area contributed by atoms with E-state index in [2.05, 4.69) is 49.9 Å². The van der Waals surface area contributed by atoms with E-state index in [0.29, 0.717) is 0 Å². The number of hydrogen-bond donors (Lipinski definition) is 0. The van der Waals surface area contributed by atoms with Crippen molar-refractivity contribution in [3.8, 4) is 0 Å². The molecule has 0 unspecified atom stereocenters. The second kappa shape index (κ2) is 5.14. The maximum absolute atomic E-state index is 4.48. The van der Waals surface area contributed by atoms with Gasteiger partial charge in [-0.25, -0.2) is 15.0 Å². The molecule has 17 heavy (non-hydrogen) atoms. The Morgan fingerprint density at radius 3 is 2.29 bits per heavy atom. The van der Waals surface area contributed by atoms with Gasteiger partial charge >= 0.3 is 0 Å². The molecule has 0 amide bonds. The highest BCUT2D eigenvalue weighted by Gasteiger charge is 2.04. The van der Waals surface area contributed by atoms with E-state index in [1.54, 1.807) is 11.8 Å². The van der Waals surface area contributed by atoms with Gasteiger partial charge in [-0.1, -0.05) is 0 Å². The Bertz CT molecular complexity index is 467. The molecule has 2 heterocycles. The van der Waals surface area contributed by atoms with Crippen LogP contribution < -0.4 is 0 Å². The van der Waals surface area contributed by atoms with Crippen LogP contribution in [0.15, 0.2) is 32.9 Å². The fourth-order valence-corrected chi connectivity index (χ4v) is 3.14. The summed E-state index contributed by atoms with van der Waals surface area (Å²) < 4.78 is 0.803. The van der Waals surface area contributed by atoms with Crippen LogP contribution in [0, 0.1) is 20.8 Å². The van der Waals surface area contributed by atoms with Crippen LogP contribution in [0.1, 0.15) is 17.1 Å². The molecule has 0 saturated carbocycles. The van der Waals surface area contributed by atoms with Gasteiger partial charge in [0.05, 0.1) is 0 Å². The minimum absolute atomic E-state index is 0.756. The van der Waals surface area contributed by atoms with Gasteiger partial charge in [-0.15, -0.1) is 0 Å². The topological polar surface area (TPSA) is 38.7 Å². The molecular formula is C12H12BrN3S. The number of nitrogens with zero attached hydrogens (tertiary/aromatic N) is 3. The zero-order valence-electron chi connectivity index (χ0n) is 9.86. The highest BCUT2D eigenvalue weighted by Crippen LogP contribution is 2.26. The number of hydrogen-bond acceptors (Lipinski definition) is 4. The van der Waals surface area contributed by atoms with Gasteiger partial charge in [0.2, 0.25) is 0 Å². The summed E-state index contributed by atoms with van der Waals surface area (Å²) in [6, 6.07) is 6.02. The van der Waals surface area contributed by atoms with Gasteiger partial charge in [-0.3, -0.25) is 0 Å². The Labute approximate surface area is 113 Å². The lowest BCUT2D eigenvalue weighted by atomic mass is 10.3. The first-order valence-electron chi connectivity index (χ1n) is 5.17. The number of rotatable bonds is 2. The first-order chi connectivity index (χ1) is 8.02. The maximum atomic E-state index is 4.48. The molecule has 2 rings (SSSR count). The smallest absolute Gasteiger partial charge is 0.127 e. The molecule has 0 fully saturated rings. The molecule has 0 aliphatic rings. The quantitative estimate of drug-likeness (QED) is 0.793. The van der Waals surface area contributed by atoms with E-state index < -0.39 is 0 Å². The summed E-state index contributed by atoms with van der Waals surface area (Å²) in [5, 5.41) is 1.87. The van der Waals surface area contributed by atoms with Crippen LogP contribution >= 0.6 is 27.7 Å². The summed E-state index contributed by atoms with van der Waals surface area (Å²) in [7, 11) is 0. The molecule has 5 heteroatoms. The first kappa shape index (κ1) is 12.5. The number of aryl methyl sites for hydroxylation is 3. The third-order valence-electron chi connectivity index (χ3n) is 2.07. The molecule has 0 atom stereocenters. The Balaban J connectivity index is 2.31. The van der Waals surface area contributed by atoms with E-state index in [1.165, 1.54) is 5.56 Å². The van der Waals surface area contributed by atoms with Crippen LogP contribution in [0.4, 0.5) is 0 Å². The largest absolute Gasteiger partial charge is 0.246 e. The Kier molecular flexibility index (Phi) is 3.79. The molecule has 3 nitrogen and oxygen atoms in total. The summed E-state index contributed by atoms with van der Waals surface area (Å²) in [5.41, 5.74) is 2.24. The van der Waals surface area contributed by atoms with Gasteiger partial charge in [0.1, 0.15) is 20.5 Å². The van der Waals surface area contributed by atoms with Crippen LogP contribution in [0.25, 0.3) is 0 Å². The maximum Gasteiger partial charge on any atom is 0.127 e. The van der Waals surface area contributed by atoms with Gasteiger partial charge in [0.15, 0.2) is 0 Å². The molecule has 0 bridgehead atoms. The third-order valence-corrected chi connectivity index (χ3v) is 3.31. The van der Waals surface area contributed by atoms with Crippen molar-refractivity contribution in [3.63, 3.8) is 0 Å². The van der Waals surface area contributed by atoms with E-state index >= 15 is 0 Å². The molecule has 0 N–H and O–H groups in total. The predicted octanol–water partition coefficient (Wildman–Crippen LogP) is 3.71. The minimum atomic E-state index is 0.756. The lowest BCUT2D eigenvalue weighted by Gasteiger charge is -2.04. The molecule has 0 aliphatic carbocycles. The minimum Gasteiger partial charge on any atom is -0.246 e. The fraction of sp³-hybridized carbons (Fsp3) is 0.250. The van der Waals surface area contributed by atoms with E-state index in [1.807, 2.05) is 19.9 Å². The molecule has 0 aliphatic heterocycles. The van der Waals surface area contributed by atoms with E-state index in [4.69, 9.17) is 0 Å². The van der Waals surface area contributed by atoms with Crippen molar-refractivity contribution in [2.24, 2.45) is 0 Å². The van der Waals surface area contributed by atoms with Crippen LogP contribution in [0.5, 0.6) is 0 Å². The van der Waals surface area contributed by atoms with E-state index in [-0.39, 0.29) is 0 Å². The Morgan fingerprint density at radius 1 is 0.941 bits per heavy atom. The molecule has 88 valence electrons. The lowest BCUT2D eigenvalue weighted by molar-refractivity contribution is 0.945. The van der Waals surface area contributed by atoms with Crippen molar-refractivity contribution in [2.45, 2.75) is 30.8 Å². The molecule has 0 aromatic carbocycles. The number of pyridine rings is 1. The SMILES string of the molecule is Cc1cc(C)nc(Sc2cc(Br)nc(C)n2)c1. The monoisotopic (exact) mass is 309 g/mol. The van der Waals surface area contributed by atoms with Crippen molar-refractivity contribution in [1.29, 1.82) is 0 Å². The summed E-state index contributed by atoms with van der Waals surface area (Å²) >= 11 is 4.92. The highest BCUT2D eigenvalue weighted by molar-refractivity contribution is 9.10. The summed E-state index contributed by atoms with van der Waals surface area (Å²) in [4.78, 5) is 13.0. The van der Waals surface area contributed by atoms with Crippen molar-refractivity contribution < 1.29 is 0 Å². The zero-order chi connectivity index (χ0) is 12.4. The summed E-state index contributed by atoms with van der Waals surface area (Å²) in [6.07, 6.45) is 0. The molecular weight excluding hydrogens is 298 g/mol. The van der Waals surface area contributed by atoms with Crippen molar-refractivity contribution in [2.75, 3.05) is 0 Å². The molecule has 2 aromatic heterocycles. The van der Waals surface area contributed by atoms with Crippen LogP contribution in [0.3, 0.4) is 0 Å². The van der Waals surface area contributed by atoms with Gasteiger partial charge in [-0.05, 0) is 66.2 Å². The van der Waals surface area contributed by atoms with Gasteiger partial charge in [0.25, 0.3) is 0 Å². The predicted molar refractivity (Wildman–Crippen MR) is 72.3 cm³/mol. The average molecular weight is 310 g/mol.